The zero-order valence-corrected chi connectivity index (χ0v) is 11.9. The SMILES string of the molecule is N#Cc1cnc2ccccc2c1N1CC2CCC(N)C2C1. The van der Waals surface area contributed by atoms with Crippen LogP contribution in [0.15, 0.2) is 30.5 Å². The van der Waals surface area contributed by atoms with Crippen molar-refractivity contribution < 1.29 is 0 Å². The first-order valence-electron chi connectivity index (χ1n) is 7.56. The van der Waals surface area contributed by atoms with Gasteiger partial charge in [0.05, 0.1) is 16.8 Å². The van der Waals surface area contributed by atoms with Crippen molar-refractivity contribution in [1.29, 1.82) is 5.26 Å². The standard InChI is InChI=1S/C17H18N4/c18-7-12-8-20-16-4-2-1-3-13(16)17(12)21-9-11-5-6-15(19)14(11)10-21/h1-4,8,11,14-15H,5-6,9-10,19H2. The average Bonchev–Trinajstić information content (AvgIpc) is 3.08. The summed E-state index contributed by atoms with van der Waals surface area (Å²) in [5.74, 6) is 1.25. The highest BCUT2D eigenvalue weighted by atomic mass is 15.2. The van der Waals surface area contributed by atoms with Gasteiger partial charge in [0.2, 0.25) is 0 Å². The van der Waals surface area contributed by atoms with Crippen LogP contribution in [0.3, 0.4) is 0 Å². The monoisotopic (exact) mass is 278 g/mol. The lowest BCUT2D eigenvalue weighted by Gasteiger charge is -2.23. The molecule has 1 aromatic heterocycles. The van der Waals surface area contributed by atoms with E-state index in [2.05, 4.69) is 22.0 Å². The average molecular weight is 278 g/mol. The van der Waals surface area contributed by atoms with Crippen molar-refractivity contribution in [2.75, 3.05) is 18.0 Å². The number of para-hydroxylation sites is 1. The Bertz CT molecular complexity index is 733. The molecule has 2 aromatic rings. The van der Waals surface area contributed by atoms with Gasteiger partial charge in [0.1, 0.15) is 6.07 Å². The normalized spacial score (nSPS) is 27.8. The van der Waals surface area contributed by atoms with E-state index in [1.54, 1.807) is 6.20 Å². The molecule has 2 fully saturated rings. The second-order valence-corrected chi connectivity index (χ2v) is 6.22. The molecule has 1 aliphatic heterocycles. The summed E-state index contributed by atoms with van der Waals surface area (Å²) in [4.78, 5) is 6.76. The fraction of sp³-hybridized carbons (Fsp3) is 0.412. The number of fused-ring (bicyclic) bond motifs is 2. The van der Waals surface area contributed by atoms with Crippen molar-refractivity contribution in [3.8, 4) is 6.07 Å². The molecule has 3 atom stereocenters. The molecule has 0 spiro atoms. The van der Waals surface area contributed by atoms with Crippen LogP contribution in [0.5, 0.6) is 0 Å². The molecule has 2 heterocycles. The van der Waals surface area contributed by atoms with Gasteiger partial charge >= 0.3 is 0 Å². The quantitative estimate of drug-likeness (QED) is 0.869. The number of nitrogens with two attached hydrogens (primary N) is 1. The van der Waals surface area contributed by atoms with Gasteiger partial charge in [-0.15, -0.1) is 0 Å². The van der Waals surface area contributed by atoms with Crippen LogP contribution in [0, 0.1) is 23.2 Å². The van der Waals surface area contributed by atoms with Crippen molar-refractivity contribution in [2.24, 2.45) is 17.6 Å². The smallest absolute Gasteiger partial charge is 0.103 e. The Labute approximate surface area is 124 Å². The zero-order chi connectivity index (χ0) is 14.4. The number of nitriles is 1. The van der Waals surface area contributed by atoms with E-state index in [0.717, 1.165) is 36.1 Å². The minimum absolute atomic E-state index is 0.318. The van der Waals surface area contributed by atoms with Gasteiger partial charge in [-0.25, -0.2) is 0 Å². The lowest BCUT2D eigenvalue weighted by Crippen LogP contribution is -2.30. The first kappa shape index (κ1) is 12.6. The Morgan fingerprint density at radius 2 is 2.10 bits per heavy atom. The van der Waals surface area contributed by atoms with Crippen molar-refractivity contribution >= 4 is 16.6 Å². The number of aromatic nitrogens is 1. The van der Waals surface area contributed by atoms with Crippen LogP contribution in [0.2, 0.25) is 0 Å². The number of nitrogens with zero attached hydrogens (tertiary/aromatic N) is 3. The molecular formula is C17H18N4. The molecule has 21 heavy (non-hydrogen) atoms. The summed E-state index contributed by atoms with van der Waals surface area (Å²) in [6, 6.07) is 10.7. The van der Waals surface area contributed by atoms with Gasteiger partial charge in [0.15, 0.2) is 0 Å². The minimum Gasteiger partial charge on any atom is -0.369 e. The largest absolute Gasteiger partial charge is 0.369 e. The van der Waals surface area contributed by atoms with E-state index in [1.807, 2.05) is 18.2 Å². The molecule has 2 aliphatic rings. The van der Waals surface area contributed by atoms with Crippen molar-refractivity contribution in [3.05, 3.63) is 36.0 Å². The van der Waals surface area contributed by atoms with Crippen LogP contribution < -0.4 is 10.6 Å². The van der Waals surface area contributed by atoms with Gasteiger partial charge in [-0.3, -0.25) is 4.98 Å². The third-order valence-corrected chi connectivity index (χ3v) is 5.10. The van der Waals surface area contributed by atoms with E-state index in [0.29, 0.717) is 23.4 Å². The summed E-state index contributed by atoms with van der Waals surface area (Å²) in [7, 11) is 0. The van der Waals surface area contributed by atoms with Crippen LogP contribution in [-0.2, 0) is 0 Å². The Balaban J connectivity index is 1.81. The molecule has 1 saturated carbocycles. The first-order valence-corrected chi connectivity index (χ1v) is 7.56. The fourth-order valence-corrected chi connectivity index (χ4v) is 4.04. The molecule has 0 radical (unpaired) electrons. The molecular weight excluding hydrogens is 260 g/mol. The van der Waals surface area contributed by atoms with E-state index in [4.69, 9.17) is 5.73 Å². The predicted molar refractivity (Wildman–Crippen MR) is 82.9 cm³/mol. The Kier molecular flexibility index (Phi) is 2.83. The van der Waals surface area contributed by atoms with Crippen LogP contribution in [0.25, 0.3) is 10.9 Å². The molecule has 2 N–H and O–H groups in total. The van der Waals surface area contributed by atoms with Crippen molar-refractivity contribution in [2.45, 2.75) is 18.9 Å². The van der Waals surface area contributed by atoms with Gasteiger partial charge < -0.3 is 10.6 Å². The van der Waals surface area contributed by atoms with Crippen LogP contribution in [0.1, 0.15) is 18.4 Å². The molecule has 4 heteroatoms. The highest BCUT2D eigenvalue weighted by Crippen LogP contribution is 2.41. The van der Waals surface area contributed by atoms with Crippen molar-refractivity contribution in [1.82, 2.24) is 4.98 Å². The number of hydrogen-bond donors (Lipinski definition) is 1. The summed E-state index contributed by atoms with van der Waals surface area (Å²) in [5, 5.41) is 10.5. The third kappa shape index (κ3) is 1.89. The summed E-state index contributed by atoms with van der Waals surface area (Å²) >= 11 is 0. The molecule has 4 nitrogen and oxygen atoms in total. The molecule has 4 rings (SSSR count). The maximum Gasteiger partial charge on any atom is 0.103 e. The lowest BCUT2D eigenvalue weighted by molar-refractivity contribution is 0.453. The van der Waals surface area contributed by atoms with Gasteiger partial charge in [-0.2, -0.15) is 5.26 Å². The molecule has 1 aliphatic carbocycles. The molecule has 0 amide bonds. The Morgan fingerprint density at radius 1 is 1.24 bits per heavy atom. The van der Waals surface area contributed by atoms with E-state index in [1.165, 1.54) is 6.42 Å². The van der Waals surface area contributed by atoms with E-state index >= 15 is 0 Å². The van der Waals surface area contributed by atoms with Crippen LogP contribution >= 0.6 is 0 Å². The molecule has 3 unspecified atom stereocenters. The van der Waals surface area contributed by atoms with E-state index < -0.39 is 0 Å². The summed E-state index contributed by atoms with van der Waals surface area (Å²) < 4.78 is 0. The fourth-order valence-electron chi connectivity index (χ4n) is 4.04. The van der Waals surface area contributed by atoms with Gasteiger partial charge in [0.25, 0.3) is 0 Å². The van der Waals surface area contributed by atoms with Gasteiger partial charge in [-0.1, -0.05) is 18.2 Å². The zero-order valence-electron chi connectivity index (χ0n) is 11.9. The van der Waals surface area contributed by atoms with Crippen molar-refractivity contribution in [3.63, 3.8) is 0 Å². The number of benzene rings is 1. The highest BCUT2D eigenvalue weighted by Gasteiger charge is 2.41. The highest BCUT2D eigenvalue weighted by molar-refractivity contribution is 5.94. The van der Waals surface area contributed by atoms with Crippen LogP contribution in [-0.4, -0.2) is 24.1 Å². The number of rotatable bonds is 1. The van der Waals surface area contributed by atoms with Crippen LogP contribution in [0.4, 0.5) is 5.69 Å². The molecule has 106 valence electrons. The molecule has 1 aromatic carbocycles. The number of anilines is 1. The van der Waals surface area contributed by atoms with E-state index in [-0.39, 0.29) is 0 Å². The second-order valence-electron chi connectivity index (χ2n) is 6.22. The number of hydrogen-bond acceptors (Lipinski definition) is 4. The summed E-state index contributed by atoms with van der Waals surface area (Å²) in [6.07, 6.45) is 4.06. The van der Waals surface area contributed by atoms with Gasteiger partial charge in [-0.05, 0) is 30.7 Å². The van der Waals surface area contributed by atoms with Gasteiger partial charge in [0, 0.05) is 30.7 Å². The lowest BCUT2D eigenvalue weighted by atomic mass is 9.98. The maximum atomic E-state index is 9.45. The minimum atomic E-state index is 0.318. The third-order valence-electron chi connectivity index (χ3n) is 5.10. The number of pyridine rings is 1. The summed E-state index contributed by atoms with van der Waals surface area (Å²) in [5.41, 5.74) is 8.91. The predicted octanol–water partition coefficient (Wildman–Crippen LogP) is 2.28. The van der Waals surface area contributed by atoms with E-state index in [9.17, 15) is 5.26 Å². The second kappa shape index (κ2) is 4.71. The molecule has 0 bridgehead atoms. The Morgan fingerprint density at radius 3 is 2.90 bits per heavy atom. The Hall–Kier alpha value is -2.12. The maximum absolute atomic E-state index is 9.45. The topological polar surface area (TPSA) is 65.9 Å². The molecule has 1 saturated heterocycles. The first-order chi connectivity index (χ1) is 10.3. The summed E-state index contributed by atoms with van der Waals surface area (Å²) in [6.45, 7) is 1.98.